The quantitative estimate of drug-likeness (QED) is 0.693. The van der Waals surface area contributed by atoms with Gasteiger partial charge in [0.25, 0.3) is 0 Å². The van der Waals surface area contributed by atoms with Crippen LogP contribution in [0.1, 0.15) is 29.7 Å². The van der Waals surface area contributed by atoms with Crippen molar-refractivity contribution in [2.75, 3.05) is 5.32 Å². The lowest BCUT2D eigenvalue weighted by atomic mass is 9.96. The molecule has 3 heteroatoms. The Morgan fingerprint density at radius 1 is 1.04 bits per heavy atom. The van der Waals surface area contributed by atoms with Gasteiger partial charge >= 0.3 is 0 Å². The van der Waals surface area contributed by atoms with Crippen molar-refractivity contribution in [2.45, 2.75) is 25.7 Å². The number of amides is 1. The molecule has 0 bridgehead atoms. The fourth-order valence-corrected chi connectivity index (χ4v) is 3.26. The number of rotatable bonds is 3. The number of furan rings is 1. The van der Waals surface area contributed by atoms with Crippen molar-refractivity contribution in [1.82, 2.24) is 0 Å². The molecule has 1 aliphatic carbocycles. The first-order chi connectivity index (χ1) is 11.8. The maximum atomic E-state index is 12.1. The third-order valence-corrected chi connectivity index (χ3v) is 4.45. The number of benzene rings is 2. The minimum absolute atomic E-state index is 0.129. The lowest BCUT2D eigenvalue weighted by Crippen LogP contribution is -2.07. The summed E-state index contributed by atoms with van der Waals surface area (Å²) in [6.45, 7) is 0. The van der Waals surface area contributed by atoms with Crippen LogP contribution in [0.5, 0.6) is 0 Å². The maximum Gasteiger partial charge on any atom is 0.248 e. The van der Waals surface area contributed by atoms with Gasteiger partial charge < -0.3 is 9.73 Å². The van der Waals surface area contributed by atoms with E-state index in [4.69, 9.17) is 4.42 Å². The Labute approximate surface area is 141 Å². The van der Waals surface area contributed by atoms with Gasteiger partial charge in [-0.2, -0.15) is 0 Å². The van der Waals surface area contributed by atoms with E-state index in [9.17, 15) is 4.79 Å². The molecular weight excluding hydrogens is 298 g/mol. The smallest absolute Gasteiger partial charge is 0.248 e. The molecule has 3 nitrogen and oxygen atoms in total. The highest BCUT2D eigenvalue weighted by molar-refractivity contribution is 6.03. The zero-order valence-electron chi connectivity index (χ0n) is 13.4. The van der Waals surface area contributed by atoms with E-state index in [0.29, 0.717) is 0 Å². The van der Waals surface area contributed by atoms with Crippen LogP contribution >= 0.6 is 0 Å². The number of hydrogen-bond donors (Lipinski definition) is 1. The Morgan fingerprint density at radius 3 is 2.75 bits per heavy atom. The van der Waals surface area contributed by atoms with Crippen molar-refractivity contribution in [3.05, 3.63) is 71.5 Å². The SMILES string of the molecule is O=C(/C=C/c1ccccc1)Nc1ccc2oc3c(c2c1)CCCC3. The van der Waals surface area contributed by atoms with Crippen molar-refractivity contribution >= 4 is 28.6 Å². The lowest BCUT2D eigenvalue weighted by molar-refractivity contribution is -0.111. The molecule has 0 unspecified atom stereocenters. The van der Waals surface area contributed by atoms with E-state index < -0.39 is 0 Å². The first kappa shape index (κ1) is 14.8. The second-order valence-corrected chi connectivity index (χ2v) is 6.16. The Morgan fingerprint density at radius 2 is 1.88 bits per heavy atom. The molecule has 0 spiro atoms. The Bertz CT molecular complexity index is 906. The van der Waals surface area contributed by atoms with Gasteiger partial charge in [-0.3, -0.25) is 4.79 Å². The van der Waals surface area contributed by atoms with E-state index in [1.807, 2.05) is 54.6 Å². The van der Waals surface area contributed by atoms with Gasteiger partial charge in [0, 0.05) is 29.1 Å². The van der Waals surface area contributed by atoms with E-state index in [1.165, 1.54) is 18.4 Å². The molecular formula is C21H19NO2. The maximum absolute atomic E-state index is 12.1. The molecule has 0 saturated carbocycles. The first-order valence-electron chi connectivity index (χ1n) is 8.38. The number of hydrogen-bond acceptors (Lipinski definition) is 2. The molecule has 0 fully saturated rings. The summed E-state index contributed by atoms with van der Waals surface area (Å²) in [5.41, 5.74) is 4.04. The molecule has 1 amide bonds. The second-order valence-electron chi connectivity index (χ2n) is 6.16. The molecule has 1 heterocycles. The van der Waals surface area contributed by atoms with Gasteiger partial charge in [-0.15, -0.1) is 0 Å². The summed E-state index contributed by atoms with van der Waals surface area (Å²) < 4.78 is 5.93. The van der Waals surface area contributed by atoms with Crippen LogP contribution in [-0.2, 0) is 17.6 Å². The van der Waals surface area contributed by atoms with Gasteiger partial charge in [0.1, 0.15) is 11.3 Å². The van der Waals surface area contributed by atoms with Gasteiger partial charge in [0.2, 0.25) is 5.91 Å². The monoisotopic (exact) mass is 317 g/mol. The predicted octanol–water partition coefficient (Wildman–Crippen LogP) is 4.96. The Kier molecular flexibility index (Phi) is 3.91. The minimum Gasteiger partial charge on any atom is -0.461 e. The zero-order valence-corrected chi connectivity index (χ0v) is 13.4. The highest BCUT2D eigenvalue weighted by atomic mass is 16.3. The van der Waals surface area contributed by atoms with Crippen LogP contribution in [0, 0.1) is 0 Å². The van der Waals surface area contributed by atoms with Crippen molar-refractivity contribution in [3.8, 4) is 0 Å². The van der Waals surface area contributed by atoms with Crippen molar-refractivity contribution in [1.29, 1.82) is 0 Å². The minimum atomic E-state index is -0.129. The molecule has 24 heavy (non-hydrogen) atoms. The average Bonchev–Trinajstić information content (AvgIpc) is 2.99. The molecule has 1 aromatic heterocycles. The molecule has 3 aromatic rings. The average molecular weight is 317 g/mol. The molecule has 0 saturated heterocycles. The summed E-state index contributed by atoms with van der Waals surface area (Å²) in [5, 5.41) is 4.07. The molecule has 0 radical (unpaired) electrons. The fraction of sp³-hybridized carbons (Fsp3) is 0.190. The first-order valence-corrected chi connectivity index (χ1v) is 8.38. The second kappa shape index (κ2) is 6.36. The molecule has 0 atom stereocenters. The van der Waals surface area contributed by atoms with Crippen LogP contribution < -0.4 is 5.32 Å². The van der Waals surface area contributed by atoms with Crippen LogP contribution in [0.2, 0.25) is 0 Å². The van der Waals surface area contributed by atoms with Gasteiger partial charge in [-0.25, -0.2) is 0 Å². The zero-order chi connectivity index (χ0) is 16.4. The van der Waals surface area contributed by atoms with E-state index >= 15 is 0 Å². The number of anilines is 1. The van der Waals surface area contributed by atoms with Crippen LogP contribution in [0.4, 0.5) is 5.69 Å². The van der Waals surface area contributed by atoms with Gasteiger partial charge in [0.15, 0.2) is 0 Å². The fourth-order valence-electron chi connectivity index (χ4n) is 3.26. The van der Waals surface area contributed by atoms with Crippen molar-refractivity contribution in [2.24, 2.45) is 0 Å². The summed E-state index contributed by atoms with van der Waals surface area (Å²) >= 11 is 0. The van der Waals surface area contributed by atoms with Crippen molar-refractivity contribution < 1.29 is 9.21 Å². The van der Waals surface area contributed by atoms with E-state index in [0.717, 1.165) is 40.8 Å². The summed E-state index contributed by atoms with van der Waals surface area (Å²) in [6, 6.07) is 15.7. The Balaban J connectivity index is 1.54. The number of carbonyl (C=O) groups is 1. The van der Waals surface area contributed by atoms with Crippen LogP contribution in [-0.4, -0.2) is 5.91 Å². The van der Waals surface area contributed by atoms with E-state index in [2.05, 4.69) is 5.32 Å². The highest BCUT2D eigenvalue weighted by Gasteiger charge is 2.17. The summed E-state index contributed by atoms with van der Waals surface area (Å²) in [4.78, 5) is 12.1. The molecule has 4 rings (SSSR count). The van der Waals surface area contributed by atoms with Gasteiger partial charge in [-0.05, 0) is 49.1 Å². The van der Waals surface area contributed by atoms with Crippen molar-refractivity contribution in [3.63, 3.8) is 0 Å². The standard InChI is InChI=1S/C21H19NO2/c23-21(13-10-15-6-2-1-3-7-15)22-16-11-12-20-18(14-16)17-8-4-5-9-19(17)24-20/h1-3,6-7,10-14H,4-5,8-9H2,(H,22,23)/b13-10+. The van der Waals surface area contributed by atoms with Gasteiger partial charge in [-0.1, -0.05) is 30.3 Å². The van der Waals surface area contributed by atoms with E-state index in [-0.39, 0.29) is 5.91 Å². The van der Waals surface area contributed by atoms with Gasteiger partial charge in [0.05, 0.1) is 0 Å². The summed E-state index contributed by atoms with van der Waals surface area (Å²) in [5.74, 6) is 0.985. The number of nitrogens with one attached hydrogen (secondary N) is 1. The normalized spacial score (nSPS) is 14.0. The molecule has 120 valence electrons. The third-order valence-electron chi connectivity index (χ3n) is 4.45. The topological polar surface area (TPSA) is 42.2 Å². The number of carbonyl (C=O) groups excluding carboxylic acids is 1. The Hall–Kier alpha value is -2.81. The molecule has 1 aliphatic rings. The van der Waals surface area contributed by atoms with E-state index in [1.54, 1.807) is 6.08 Å². The lowest BCUT2D eigenvalue weighted by Gasteiger charge is -2.08. The predicted molar refractivity (Wildman–Crippen MR) is 97.0 cm³/mol. The third kappa shape index (κ3) is 2.98. The summed E-state index contributed by atoms with van der Waals surface area (Å²) in [7, 11) is 0. The molecule has 0 aliphatic heterocycles. The number of aryl methyl sites for hydroxylation is 2. The molecule has 2 aromatic carbocycles. The van der Waals surface area contributed by atoms with Crippen LogP contribution in [0.25, 0.3) is 17.0 Å². The highest BCUT2D eigenvalue weighted by Crippen LogP contribution is 2.33. The van der Waals surface area contributed by atoms with Crippen LogP contribution in [0.15, 0.2) is 59.0 Å². The largest absolute Gasteiger partial charge is 0.461 e. The summed E-state index contributed by atoms with van der Waals surface area (Å²) in [6.07, 6.45) is 7.86. The number of fused-ring (bicyclic) bond motifs is 3. The van der Waals surface area contributed by atoms with Crippen LogP contribution in [0.3, 0.4) is 0 Å². The molecule has 1 N–H and O–H groups in total.